The fourth-order valence-electron chi connectivity index (χ4n) is 3.16. The molecular formula is C24H16Br2ClNO4S. The maximum absolute atomic E-state index is 12.9. The van der Waals surface area contributed by atoms with Crippen molar-refractivity contribution >= 4 is 78.1 Å². The van der Waals surface area contributed by atoms with E-state index in [1.807, 2.05) is 30.3 Å². The van der Waals surface area contributed by atoms with Gasteiger partial charge in [0.05, 0.1) is 27.2 Å². The van der Waals surface area contributed by atoms with Crippen molar-refractivity contribution in [2.75, 3.05) is 12.0 Å². The number of ether oxygens (including phenoxy) is 2. The molecule has 3 aromatic rings. The number of para-hydroxylation sites is 1. The molecule has 0 spiro atoms. The van der Waals surface area contributed by atoms with Gasteiger partial charge in [-0.3, -0.25) is 9.59 Å². The zero-order valence-corrected chi connectivity index (χ0v) is 21.9. The lowest BCUT2D eigenvalue weighted by Gasteiger charge is -2.14. The molecule has 1 fully saturated rings. The third-order valence-corrected chi connectivity index (χ3v) is 7.04. The standard InChI is InChI=1S/C24H16Br2ClNO4S/c1-31-20-11-15(10-17(26)22(20)32-13-14-6-8-16(25)9-7-14)12-21-23(29)28(24(30)33-21)19-5-3-2-4-18(19)27/h2-12H,13H2,1H3/b21-12-. The van der Waals surface area contributed by atoms with Crippen LogP contribution in [0.25, 0.3) is 6.08 Å². The second kappa shape index (κ2) is 10.3. The van der Waals surface area contributed by atoms with Crippen molar-refractivity contribution in [1.29, 1.82) is 0 Å². The molecule has 33 heavy (non-hydrogen) atoms. The Bertz CT molecular complexity index is 1260. The Morgan fingerprint density at radius 1 is 1.06 bits per heavy atom. The molecule has 9 heteroatoms. The van der Waals surface area contributed by atoms with Crippen molar-refractivity contribution in [3.8, 4) is 11.5 Å². The van der Waals surface area contributed by atoms with Crippen molar-refractivity contribution in [3.63, 3.8) is 0 Å². The van der Waals surface area contributed by atoms with E-state index in [9.17, 15) is 9.59 Å². The summed E-state index contributed by atoms with van der Waals surface area (Å²) in [5, 5.41) is -0.0717. The van der Waals surface area contributed by atoms with Crippen LogP contribution in [0.2, 0.25) is 5.02 Å². The maximum atomic E-state index is 12.9. The van der Waals surface area contributed by atoms with E-state index in [0.717, 1.165) is 26.7 Å². The Balaban J connectivity index is 1.59. The number of imide groups is 1. The molecule has 1 heterocycles. The molecule has 168 valence electrons. The quantitative estimate of drug-likeness (QED) is 0.268. The first kappa shape index (κ1) is 23.9. The van der Waals surface area contributed by atoms with Gasteiger partial charge in [0.15, 0.2) is 11.5 Å². The van der Waals surface area contributed by atoms with Crippen LogP contribution in [0.1, 0.15) is 11.1 Å². The minimum absolute atomic E-state index is 0.289. The molecule has 0 atom stereocenters. The lowest BCUT2D eigenvalue weighted by Crippen LogP contribution is -2.27. The lowest BCUT2D eigenvalue weighted by atomic mass is 10.1. The Labute approximate surface area is 217 Å². The number of hydrogen-bond donors (Lipinski definition) is 0. The maximum Gasteiger partial charge on any atom is 0.298 e. The molecule has 0 aliphatic carbocycles. The van der Waals surface area contributed by atoms with Gasteiger partial charge in [-0.05, 0) is 81.3 Å². The van der Waals surface area contributed by atoms with Crippen molar-refractivity contribution in [2.24, 2.45) is 0 Å². The molecular weight excluding hydrogens is 594 g/mol. The number of thioether (sulfide) groups is 1. The SMILES string of the molecule is COc1cc(/C=C2\SC(=O)N(c3ccccc3Cl)C2=O)cc(Br)c1OCc1ccc(Br)cc1. The number of carbonyl (C=O) groups is 2. The Hall–Kier alpha value is -2.26. The van der Waals surface area contributed by atoms with E-state index in [1.165, 1.54) is 0 Å². The van der Waals surface area contributed by atoms with Crippen LogP contribution in [-0.4, -0.2) is 18.3 Å². The predicted octanol–water partition coefficient (Wildman–Crippen LogP) is 7.69. The molecule has 1 aliphatic rings. The monoisotopic (exact) mass is 607 g/mol. The van der Waals surface area contributed by atoms with Gasteiger partial charge in [0.2, 0.25) is 0 Å². The lowest BCUT2D eigenvalue weighted by molar-refractivity contribution is -0.113. The smallest absolute Gasteiger partial charge is 0.298 e. The molecule has 4 rings (SSSR count). The van der Waals surface area contributed by atoms with Crippen LogP contribution in [0.4, 0.5) is 10.5 Å². The fourth-order valence-corrected chi connectivity index (χ4v) is 5.05. The Morgan fingerprint density at radius 3 is 2.48 bits per heavy atom. The molecule has 0 saturated carbocycles. The van der Waals surface area contributed by atoms with Crippen LogP contribution in [-0.2, 0) is 11.4 Å². The number of halogens is 3. The molecule has 0 N–H and O–H groups in total. The highest BCUT2D eigenvalue weighted by Crippen LogP contribution is 2.41. The van der Waals surface area contributed by atoms with Crippen molar-refractivity contribution in [2.45, 2.75) is 6.61 Å². The van der Waals surface area contributed by atoms with Gasteiger partial charge < -0.3 is 9.47 Å². The molecule has 0 unspecified atom stereocenters. The number of carbonyl (C=O) groups excluding carboxylic acids is 2. The van der Waals surface area contributed by atoms with Gasteiger partial charge in [-0.2, -0.15) is 0 Å². The normalized spacial score (nSPS) is 14.8. The molecule has 5 nitrogen and oxygen atoms in total. The highest BCUT2D eigenvalue weighted by atomic mass is 79.9. The van der Waals surface area contributed by atoms with Crippen LogP contribution in [0, 0.1) is 0 Å². The summed E-state index contributed by atoms with van der Waals surface area (Å²) in [4.78, 5) is 26.9. The van der Waals surface area contributed by atoms with E-state index in [4.69, 9.17) is 21.1 Å². The molecule has 1 saturated heterocycles. The Morgan fingerprint density at radius 2 is 1.79 bits per heavy atom. The summed E-state index contributed by atoms with van der Waals surface area (Å²) >= 11 is 14.0. The average Bonchev–Trinajstić information content (AvgIpc) is 3.07. The molecule has 0 radical (unpaired) electrons. The zero-order valence-electron chi connectivity index (χ0n) is 17.2. The van der Waals surface area contributed by atoms with E-state index in [-0.39, 0.29) is 4.91 Å². The summed E-state index contributed by atoms with van der Waals surface area (Å²) in [5.74, 6) is 0.614. The van der Waals surface area contributed by atoms with Crippen LogP contribution in [0.15, 0.2) is 74.5 Å². The first-order chi connectivity index (χ1) is 15.9. The molecule has 0 bridgehead atoms. The van der Waals surface area contributed by atoms with Gasteiger partial charge >= 0.3 is 0 Å². The summed E-state index contributed by atoms with van der Waals surface area (Å²) < 4.78 is 13.1. The number of anilines is 1. The second-order valence-electron chi connectivity index (χ2n) is 6.92. The van der Waals surface area contributed by atoms with Gasteiger partial charge in [0.1, 0.15) is 6.61 Å². The van der Waals surface area contributed by atoms with Crippen LogP contribution < -0.4 is 14.4 Å². The minimum atomic E-state index is -0.427. The van der Waals surface area contributed by atoms with Gasteiger partial charge in [0, 0.05) is 4.47 Å². The van der Waals surface area contributed by atoms with Gasteiger partial charge in [-0.1, -0.05) is 51.8 Å². The zero-order chi connectivity index (χ0) is 23.5. The van der Waals surface area contributed by atoms with E-state index in [1.54, 1.807) is 43.5 Å². The number of benzene rings is 3. The number of nitrogens with zero attached hydrogens (tertiary/aromatic N) is 1. The molecule has 0 aromatic heterocycles. The van der Waals surface area contributed by atoms with Crippen LogP contribution >= 0.6 is 55.2 Å². The van der Waals surface area contributed by atoms with E-state index >= 15 is 0 Å². The second-order valence-corrected chi connectivity index (χ2v) is 10.1. The van der Waals surface area contributed by atoms with Crippen LogP contribution in [0.3, 0.4) is 0 Å². The Kier molecular flexibility index (Phi) is 7.48. The summed E-state index contributed by atoms with van der Waals surface area (Å²) in [6.07, 6.45) is 1.65. The van der Waals surface area contributed by atoms with Crippen molar-refractivity contribution < 1.29 is 19.1 Å². The molecule has 1 aliphatic heterocycles. The van der Waals surface area contributed by atoms with E-state index in [2.05, 4.69) is 31.9 Å². The number of hydrogen-bond acceptors (Lipinski definition) is 5. The third-order valence-electron chi connectivity index (χ3n) is 4.73. The third kappa shape index (κ3) is 5.30. The first-order valence-corrected chi connectivity index (χ1v) is 12.4. The average molecular weight is 610 g/mol. The van der Waals surface area contributed by atoms with E-state index in [0.29, 0.717) is 38.9 Å². The summed E-state index contributed by atoms with van der Waals surface area (Å²) in [7, 11) is 1.54. The highest BCUT2D eigenvalue weighted by molar-refractivity contribution is 9.10. The summed E-state index contributed by atoms with van der Waals surface area (Å²) in [5.41, 5.74) is 2.05. The van der Waals surface area contributed by atoms with Gasteiger partial charge in [0.25, 0.3) is 11.1 Å². The fraction of sp³-hybridized carbons (Fsp3) is 0.0833. The van der Waals surface area contributed by atoms with Gasteiger partial charge in [-0.15, -0.1) is 0 Å². The van der Waals surface area contributed by atoms with Crippen LogP contribution in [0.5, 0.6) is 11.5 Å². The first-order valence-electron chi connectivity index (χ1n) is 9.64. The summed E-state index contributed by atoms with van der Waals surface area (Å²) in [6.45, 7) is 0.359. The number of rotatable bonds is 6. The van der Waals surface area contributed by atoms with Gasteiger partial charge in [-0.25, -0.2) is 4.90 Å². The minimum Gasteiger partial charge on any atom is -0.493 e. The van der Waals surface area contributed by atoms with Crippen molar-refractivity contribution in [1.82, 2.24) is 0 Å². The van der Waals surface area contributed by atoms with Crippen molar-refractivity contribution in [3.05, 3.63) is 90.7 Å². The highest BCUT2D eigenvalue weighted by Gasteiger charge is 2.37. The topological polar surface area (TPSA) is 55.8 Å². The molecule has 3 aromatic carbocycles. The largest absolute Gasteiger partial charge is 0.493 e. The van der Waals surface area contributed by atoms with E-state index < -0.39 is 11.1 Å². The molecule has 2 amide bonds. The number of amides is 2. The predicted molar refractivity (Wildman–Crippen MR) is 139 cm³/mol. The number of methoxy groups -OCH3 is 1. The summed E-state index contributed by atoms with van der Waals surface area (Å²) in [6, 6.07) is 18.1.